The van der Waals surface area contributed by atoms with Crippen molar-refractivity contribution in [1.82, 2.24) is 24.7 Å². The van der Waals surface area contributed by atoms with Gasteiger partial charge in [0.25, 0.3) is 0 Å². The lowest BCUT2D eigenvalue weighted by molar-refractivity contribution is 0.378. The Bertz CT molecular complexity index is 693. The molecule has 1 aliphatic heterocycles. The van der Waals surface area contributed by atoms with Crippen LogP contribution < -0.4 is 9.64 Å². The number of halogens is 1. The molecule has 0 unspecified atom stereocenters. The fraction of sp³-hybridized carbons (Fsp3) is 0.600. The number of hydrogen-bond acceptors (Lipinski definition) is 6. The summed E-state index contributed by atoms with van der Waals surface area (Å²) in [6, 6.07) is 0.971. The van der Waals surface area contributed by atoms with E-state index in [2.05, 4.69) is 29.6 Å². The summed E-state index contributed by atoms with van der Waals surface area (Å²) < 4.78 is 7.37. The maximum absolute atomic E-state index is 6.25. The fourth-order valence-corrected chi connectivity index (χ4v) is 3.40. The van der Waals surface area contributed by atoms with E-state index in [9.17, 15) is 0 Å². The highest BCUT2D eigenvalue weighted by molar-refractivity contribution is 6.32. The van der Waals surface area contributed by atoms with Crippen LogP contribution in [-0.2, 0) is 0 Å². The highest BCUT2D eigenvalue weighted by Gasteiger charge is 2.31. The minimum absolute atomic E-state index is 0.347. The van der Waals surface area contributed by atoms with Gasteiger partial charge in [0.2, 0.25) is 0 Å². The Morgan fingerprint density at radius 3 is 2.70 bits per heavy atom. The standard InChI is InChI=1S/C15H19ClN6O/c1-23-15-17-8-12(16)14(19-15)21-6-4-10(5-7-21)13-20-18-9-22(13)11-2-3-11/h8-11H,2-7H2,1H3. The molecule has 0 amide bonds. The molecule has 0 N–H and O–H groups in total. The van der Waals surface area contributed by atoms with E-state index in [4.69, 9.17) is 16.3 Å². The third-order valence-corrected chi connectivity index (χ3v) is 4.85. The molecular weight excluding hydrogens is 316 g/mol. The number of rotatable bonds is 4. The monoisotopic (exact) mass is 334 g/mol. The SMILES string of the molecule is COc1ncc(Cl)c(N2CCC(c3nncn3C3CC3)CC2)n1. The first-order chi connectivity index (χ1) is 11.3. The predicted molar refractivity (Wildman–Crippen MR) is 86.1 cm³/mol. The predicted octanol–water partition coefficient (Wildman–Crippen LogP) is 2.45. The molecule has 7 nitrogen and oxygen atoms in total. The van der Waals surface area contributed by atoms with Gasteiger partial charge in [0.15, 0.2) is 5.82 Å². The lowest BCUT2D eigenvalue weighted by Gasteiger charge is -2.32. The Kier molecular flexibility index (Phi) is 3.80. The third kappa shape index (κ3) is 2.85. The quantitative estimate of drug-likeness (QED) is 0.855. The molecule has 0 spiro atoms. The largest absolute Gasteiger partial charge is 0.467 e. The van der Waals surface area contributed by atoms with Gasteiger partial charge in [-0.2, -0.15) is 4.98 Å². The van der Waals surface area contributed by atoms with Crippen LogP contribution in [0.5, 0.6) is 6.01 Å². The van der Waals surface area contributed by atoms with Crippen LogP contribution in [0.25, 0.3) is 0 Å². The molecule has 122 valence electrons. The first kappa shape index (κ1) is 14.7. The zero-order valence-corrected chi connectivity index (χ0v) is 13.8. The normalized spacial score (nSPS) is 19.1. The van der Waals surface area contributed by atoms with Gasteiger partial charge in [-0.1, -0.05) is 11.6 Å². The maximum Gasteiger partial charge on any atom is 0.318 e. The maximum atomic E-state index is 6.25. The Balaban J connectivity index is 1.47. The van der Waals surface area contributed by atoms with Gasteiger partial charge in [0.05, 0.1) is 13.3 Å². The molecule has 2 aliphatic rings. The van der Waals surface area contributed by atoms with Crippen molar-refractivity contribution in [3.8, 4) is 6.01 Å². The van der Waals surface area contributed by atoms with E-state index in [1.165, 1.54) is 12.8 Å². The fourth-order valence-electron chi connectivity index (χ4n) is 3.19. The van der Waals surface area contributed by atoms with Crippen LogP contribution in [0.3, 0.4) is 0 Å². The van der Waals surface area contributed by atoms with Crippen LogP contribution in [0.1, 0.15) is 43.5 Å². The van der Waals surface area contributed by atoms with Crippen molar-refractivity contribution in [2.24, 2.45) is 0 Å². The summed E-state index contributed by atoms with van der Waals surface area (Å²) in [6.07, 6.45) is 8.02. The second kappa shape index (κ2) is 5.96. The van der Waals surface area contributed by atoms with Crippen LogP contribution in [0.15, 0.2) is 12.5 Å². The smallest absolute Gasteiger partial charge is 0.318 e. The van der Waals surface area contributed by atoms with E-state index >= 15 is 0 Å². The summed E-state index contributed by atoms with van der Waals surface area (Å²) in [5, 5.41) is 9.04. The van der Waals surface area contributed by atoms with Crippen molar-refractivity contribution >= 4 is 17.4 Å². The average Bonchev–Trinajstić information content (AvgIpc) is 3.32. The Morgan fingerprint density at radius 2 is 2.00 bits per heavy atom. The number of methoxy groups -OCH3 is 1. The van der Waals surface area contributed by atoms with Gasteiger partial charge in [-0.15, -0.1) is 10.2 Å². The molecule has 0 radical (unpaired) electrons. The number of piperidine rings is 1. The minimum atomic E-state index is 0.347. The first-order valence-electron chi connectivity index (χ1n) is 7.97. The van der Waals surface area contributed by atoms with E-state index in [1.54, 1.807) is 13.3 Å². The zero-order chi connectivity index (χ0) is 15.8. The van der Waals surface area contributed by atoms with Gasteiger partial charge in [0, 0.05) is 25.0 Å². The van der Waals surface area contributed by atoms with Crippen LogP contribution in [0.2, 0.25) is 5.02 Å². The number of ether oxygens (including phenoxy) is 1. The number of hydrogen-bond donors (Lipinski definition) is 0. The number of anilines is 1. The molecule has 3 heterocycles. The summed E-state index contributed by atoms with van der Waals surface area (Å²) in [5.41, 5.74) is 0. The van der Waals surface area contributed by atoms with E-state index in [1.807, 2.05) is 6.33 Å². The molecule has 1 aliphatic carbocycles. The van der Waals surface area contributed by atoms with Gasteiger partial charge in [0.1, 0.15) is 17.2 Å². The molecule has 1 saturated carbocycles. The lowest BCUT2D eigenvalue weighted by Crippen LogP contribution is -2.34. The molecule has 23 heavy (non-hydrogen) atoms. The molecule has 0 aromatic carbocycles. The van der Waals surface area contributed by atoms with Gasteiger partial charge in [-0.05, 0) is 25.7 Å². The van der Waals surface area contributed by atoms with Gasteiger partial charge < -0.3 is 14.2 Å². The van der Waals surface area contributed by atoms with Crippen molar-refractivity contribution in [1.29, 1.82) is 0 Å². The summed E-state index contributed by atoms with van der Waals surface area (Å²) in [5.74, 6) is 2.34. The summed E-state index contributed by atoms with van der Waals surface area (Å²) in [7, 11) is 1.56. The molecule has 0 atom stereocenters. The minimum Gasteiger partial charge on any atom is -0.467 e. The van der Waals surface area contributed by atoms with Gasteiger partial charge in [-0.25, -0.2) is 4.98 Å². The van der Waals surface area contributed by atoms with Crippen LogP contribution in [0, 0.1) is 0 Å². The highest BCUT2D eigenvalue weighted by Crippen LogP contribution is 2.39. The van der Waals surface area contributed by atoms with Crippen molar-refractivity contribution in [2.45, 2.75) is 37.6 Å². The Hall–Kier alpha value is -1.89. The Labute approximate surface area is 139 Å². The molecule has 1 saturated heterocycles. The van der Waals surface area contributed by atoms with E-state index in [-0.39, 0.29) is 0 Å². The molecule has 0 bridgehead atoms. The Morgan fingerprint density at radius 1 is 1.22 bits per heavy atom. The van der Waals surface area contributed by atoms with Gasteiger partial charge in [-0.3, -0.25) is 0 Å². The lowest BCUT2D eigenvalue weighted by atomic mass is 9.96. The third-order valence-electron chi connectivity index (χ3n) is 4.59. The summed E-state index contributed by atoms with van der Waals surface area (Å²) in [6.45, 7) is 1.78. The molecule has 8 heteroatoms. The van der Waals surface area contributed by atoms with Crippen molar-refractivity contribution < 1.29 is 4.74 Å². The highest BCUT2D eigenvalue weighted by atomic mass is 35.5. The number of aromatic nitrogens is 5. The van der Waals surface area contributed by atoms with Crippen molar-refractivity contribution in [3.63, 3.8) is 0 Å². The molecule has 2 aromatic heterocycles. The summed E-state index contributed by atoms with van der Waals surface area (Å²) >= 11 is 6.25. The zero-order valence-electron chi connectivity index (χ0n) is 13.0. The van der Waals surface area contributed by atoms with E-state index in [0.717, 1.165) is 37.6 Å². The molecular formula is C15H19ClN6O. The molecule has 2 fully saturated rings. The average molecular weight is 335 g/mol. The number of nitrogens with zero attached hydrogens (tertiary/aromatic N) is 6. The second-order valence-corrected chi connectivity index (χ2v) is 6.52. The molecule has 4 rings (SSSR count). The molecule has 2 aromatic rings. The topological polar surface area (TPSA) is 69.0 Å². The van der Waals surface area contributed by atoms with Crippen LogP contribution in [-0.4, -0.2) is 44.9 Å². The van der Waals surface area contributed by atoms with E-state index in [0.29, 0.717) is 23.0 Å². The second-order valence-electron chi connectivity index (χ2n) is 6.12. The van der Waals surface area contributed by atoms with Crippen LogP contribution in [0.4, 0.5) is 5.82 Å². The van der Waals surface area contributed by atoms with Crippen LogP contribution >= 0.6 is 11.6 Å². The van der Waals surface area contributed by atoms with Crippen molar-refractivity contribution in [3.05, 3.63) is 23.4 Å². The van der Waals surface area contributed by atoms with Gasteiger partial charge >= 0.3 is 6.01 Å². The van der Waals surface area contributed by atoms with Crippen molar-refractivity contribution in [2.75, 3.05) is 25.1 Å². The van der Waals surface area contributed by atoms with E-state index < -0.39 is 0 Å². The first-order valence-corrected chi connectivity index (χ1v) is 8.35. The summed E-state index contributed by atoms with van der Waals surface area (Å²) in [4.78, 5) is 10.6.